The van der Waals surface area contributed by atoms with E-state index in [4.69, 9.17) is 9.47 Å². The molecule has 0 atom stereocenters. The third kappa shape index (κ3) is 5.03. The Balaban J connectivity index is 2.02. The van der Waals surface area contributed by atoms with E-state index in [1.54, 1.807) is 37.6 Å². The molecule has 0 amide bonds. The van der Waals surface area contributed by atoms with E-state index in [0.717, 1.165) is 17.0 Å². The van der Waals surface area contributed by atoms with Crippen LogP contribution in [0.3, 0.4) is 0 Å². The number of anilines is 1. The molecule has 0 saturated carbocycles. The predicted octanol–water partition coefficient (Wildman–Crippen LogP) is 4.41. The van der Waals surface area contributed by atoms with Crippen LogP contribution in [0.1, 0.15) is 12.0 Å². The molecular formula is C19H19FN2O2. The van der Waals surface area contributed by atoms with E-state index in [9.17, 15) is 9.65 Å². The summed E-state index contributed by atoms with van der Waals surface area (Å²) in [5, 5.41) is 12.4. The average molecular weight is 326 g/mol. The summed E-state index contributed by atoms with van der Waals surface area (Å²) in [6.45, 7) is -0.0494. The third-order valence-corrected chi connectivity index (χ3v) is 3.31. The van der Waals surface area contributed by atoms with Crippen LogP contribution in [0.15, 0.2) is 54.7 Å². The van der Waals surface area contributed by atoms with E-state index >= 15 is 0 Å². The maximum atomic E-state index is 12.0. The molecule has 0 saturated heterocycles. The first-order valence-electron chi connectivity index (χ1n) is 7.57. The highest BCUT2D eigenvalue weighted by atomic mass is 19.1. The summed E-state index contributed by atoms with van der Waals surface area (Å²) >= 11 is 0. The summed E-state index contributed by atoms with van der Waals surface area (Å²) in [6.07, 6.45) is 2.03. The highest BCUT2D eigenvalue weighted by Crippen LogP contribution is 2.20. The molecule has 0 aromatic heterocycles. The summed E-state index contributed by atoms with van der Waals surface area (Å²) in [7, 11) is 1.61. The van der Waals surface area contributed by atoms with Crippen LogP contribution >= 0.6 is 0 Å². The standard InChI is InChI=1S/C19H19FN2O2/c1-23-18-9-5-17(6-10-18)22-14-16(13-21)15-3-7-19(8-4-15)24-12-2-11-20/h3-10,14,22H,2,11-12H2,1H3/b16-14+. The summed E-state index contributed by atoms with van der Waals surface area (Å²) in [5.74, 6) is 1.43. The number of nitriles is 1. The molecule has 124 valence electrons. The number of nitrogens with zero attached hydrogens (tertiary/aromatic N) is 1. The summed E-state index contributed by atoms with van der Waals surface area (Å²) in [4.78, 5) is 0. The predicted molar refractivity (Wildman–Crippen MR) is 92.7 cm³/mol. The van der Waals surface area contributed by atoms with Crippen LogP contribution in [0.2, 0.25) is 0 Å². The van der Waals surface area contributed by atoms with Crippen LogP contribution in [-0.4, -0.2) is 20.4 Å². The van der Waals surface area contributed by atoms with Crippen molar-refractivity contribution in [1.29, 1.82) is 5.26 Å². The van der Waals surface area contributed by atoms with Gasteiger partial charge in [0.1, 0.15) is 17.6 Å². The molecule has 0 heterocycles. The number of hydrogen-bond acceptors (Lipinski definition) is 4. The highest BCUT2D eigenvalue weighted by molar-refractivity contribution is 5.78. The van der Waals surface area contributed by atoms with E-state index in [-0.39, 0.29) is 0 Å². The lowest BCUT2D eigenvalue weighted by Crippen LogP contribution is -1.98. The molecule has 0 radical (unpaired) electrons. The van der Waals surface area contributed by atoms with Gasteiger partial charge in [0.15, 0.2) is 0 Å². The molecule has 5 heteroatoms. The van der Waals surface area contributed by atoms with Crippen LogP contribution < -0.4 is 14.8 Å². The lowest BCUT2D eigenvalue weighted by atomic mass is 10.1. The zero-order valence-electron chi connectivity index (χ0n) is 13.5. The van der Waals surface area contributed by atoms with Gasteiger partial charge in [-0.2, -0.15) is 5.26 Å². The molecular weight excluding hydrogens is 307 g/mol. The fourth-order valence-electron chi connectivity index (χ4n) is 2.00. The van der Waals surface area contributed by atoms with Crippen molar-refractivity contribution in [2.75, 3.05) is 25.7 Å². The fourth-order valence-corrected chi connectivity index (χ4v) is 2.00. The number of benzene rings is 2. The van der Waals surface area contributed by atoms with Gasteiger partial charge >= 0.3 is 0 Å². The second-order valence-corrected chi connectivity index (χ2v) is 4.96. The molecule has 0 aliphatic carbocycles. The second kappa shape index (κ2) is 9.21. The largest absolute Gasteiger partial charge is 0.497 e. The number of methoxy groups -OCH3 is 1. The molecule has 2 aromatic rings. The lowest BCUT2D eigenvalue weighted by molar-refractivity contribution is 0.289. The van der Waals surface area contributed by atoms with Gasteiger partial charge in [-0.3, -0.25) is 4.39 Å². The van der Waals surface area contributed by atoms with Crippen LogP contribution in [0.25, 0.3) is 5.57 Å². The topological polar surface area (TPSA) is 54.3 Å². The normalized spacial score (nSPS) is 10.8. The number of halogens is 1. The Morgan fingerprint density at radius 2 is 1.79 bits per heavy atom. The van der Waals surface area contributed by atoms with Gasteiger partial charge < -0.3 is 14.8 Å². The molecule has 0 spiro atoms. The first kappa shape index (κ1) is 17.4. The van der Waals surface area contributed by atoms with E-state index in [1.807, 2.05) is 24.3 Å². The Morgan fingerprint density at radius 1 is 1.12 bits per heavy atom. The van der Waals surface area contributed by atoms with E-state index in [1.165, 1.54) is 0 Å². The fraction of sp³-hybridized carbons (Fsp3) is 0.211. The minimum Gasteiger partial charge on any atom is -0.497 e. The summed E-state index contributed by atoms with van der Waals surface area (Å²) in [5.41, 5.74) is 2.13. The van der Waals surface area contributed by atoms with E-state index in [0.29, 0.717) is 24.4 Å². The molecule has 0 bridgehead atoms. The van der Waals surface area contributed by atoms with Gasteiger partial charge in [0.25, 0.3) is 0 Å². The first-order chi connectivity index (χ1) is 11.8. The summed E-state index contributed by atoms with van der Waals surface area (Å²) in [6, 6.07) is 16.7. The van der Waals surface area contributed by atoms with E-state index in [2.05, 4.69) is 11.4 Å². The van der Waals surface area contributed by atoms with Crippen molar-refractivity contribution in [1.82, 2.24) is 0 Å². The molecule has 1 N–H and O–H groups in total. The number of nitrogens with one attached hydrogen (secondary N) is 1. The van der Waals surface area contributed by atoms with Gasteiger partial charge in [-0.15, -0.1) is 0 Å². The first-order valence-corrected chi connectivity index (χ1v) is 7.57. The van der Waals surface area contributed by atoms with Crippen LogP contribution in [0.5, 0.6) is 11.5 Å². The number of rotatable bonds is 8. The smallest absolute Gasteiger partial charge is 0.119 e. The second-order valence-electron chi connectivity index (χ2n) is 4.96. The number of allylic oxidation sites excluding steroid dienone is 1. The Hall–Kier alpha value is -3.00. The molecule has 0 unspecified atom stereocenters. The summed E-state index contributed by atoms with van der Waals surface area (Å²) < 4.78 is 22.5. The van der Waals surface area contributed by atoms with Gasteiger partial charge in [0.05, 0.1) is 26.0 Å². The molecule has 2 aromatic carbocycles. The van der Waals surface area contributed by atoms with Gasteiger partial charge in [-0.25, -0.2) is 0 Å². The maximum absolute atomic E-state index is 12.0. The highest BCUT2D eigenvalue weighted by Gasteiger charge is 2.02. The van der Waals surface area contributed by atoms with Gasteiger partial charge in [0.2, 0.25) is 0 Å². The van der Waals surface area contributed by atoms with Gasteiger partial charge in [0, 0.05) is 18.3 Å². The number of hydrogen-bond donors (Lipinski definition) is 1. The maximum Gasteiger partial charge on any atom is 0.119 e. The van der Waals surface area contributed by atoms with E-state index < -0.39 is 6.67 Å². The molecule has 0 fully saturated rings. The SMILES string of the molecule is COc1ccc(N/C=C(\C#N)c2ccc(OCCCF)cc2)cc1. The Bertz CT molecular complexity index is 704. The van der Waals surface area contributed by atoms with Gasteiger partial charge in [-0.1, -0.05) is 0 Å². The van der Waals surface area contributed by atoms with Crippen molar-refractivity contribution < 1.29 is 13.9 Å². The van der Waals surface area contributed by atoms with Crippen molar-refractivity contribution in [2.24, 2.45) is 0 Å². The van der Waals surface area contributed by atoms with Crippen molar-refractivity contribution >= 4 is 11.3 Å². The monoisotopic (exact) mass is 326 g/mol. The molecule has 2 rings (SSSR count). The zero-order valence-corrected chi connectivity index (χ0v) is 13.5. The molecule has 0 aliphatic heterocycles. The van der Waals surface area contributed by atoms with Crippen molar-refractivity contribution in [3.8, 4) is 17.6 Å². The lowest BCUT2D eigenvalue weighted by Gasteiger charge is -2.07. The van der Waals surface area contributed by atoms with Crippen LogP contribution in [-0.2, 0) is 0 Å². The molecule has 0 aliphatic rings. The minimum absolute atomic E-state index is 0.343. The zero-order chi connectivity index (χ0) is 17.2. The van der Waals surface area contributed by atoms with Gasteiger partial charge in [-0.05, 0) is 54.1 Å². The quantitative estimate of drug-likeness (QED) is 0.577. The Morgan fingerprint density at radius 3 is 2.38 bits per heavy atom. The van der Waals surface area contributed by atoms with Crippen LogP contribution in [0.4, 0.5) is 10.1 Å². The molecule has 24 heavy (non-hydrogen) atoms. The Kier molecular flexibility index (Phi) is 6.66. The number of alkyl halides is 1. The third-order valence-electron chi connectivity index (χ3n) is 3.31. The average Bonchev–Trinajstić information content (AvgIpc) is 2.64. The van der Waals surface area contributed by atoms with Crippen molar-refractivity contribution in [3.63, 3.8) is 0 Å². The van der Waals surface area contributed by atoms with Crippen LogP contribution in [0, 0.1) is 11.3 Å². The molecule has 4 nitrogen and oxygen atoms in total. The minimum atomic E-state index is -0.392. The van der Waals surface area contributed by atoms with Crippen molar-refractivity contribution in [2.45, 2.75) is 6.42 Å². The number of ether oxygens (including phenoxy) is 2. The van der Waals surface area contributed by atoms with Crippen molar-refractivity contribution in [3.05, 3.63) is 60.3 Å². The Labute approximate surface area is 141 Å².